The van der Waals surface area contributed by atoms with Crippen molar-refractivity contribution in [3.05, 3.63) is 134 Å². The monoisotopic (exact) mass is 1700 g/mol. The van der Waals surface area contributed by atoms with Gasteiger partial charge in [-0.25, -0.2) is 33.6 Å². The number of phenols is 27. The van der Waals surface area contributed by atoms with E-state index >= 15 is 19.2 Å². The number of ether oxygens (including phenoxy) is 8. The third-order valence-corrected chi connectivity index (χ3v) is 20.3. The van der Waals surface area contributed by atoms with Crippen LogP contribution in [0.1, 0.15) is 123 Å². The zero-order valence-electron chi connectivity index (χ0n) is 60.5. The highest BCUT2D eigenvalue weighted by atomic mass is 16.7. The molecule has 2 bridgehead atoms. The lowest BCUT2D eigenvalue weighted by Gasteiger charge is -2.44. The zero-order chi connectivity index (χ0) is 89.2. The van der Waals surface area contributed by atoms with Gasteiger partial charge in [0.2, 0.25) is 41.1 Å². The fourth-order valence-corrected chi connectivity index (χ4v) is 14.5. The molecule has 10 unspecified atom stereocenters. The fourth-order valence-electron chi connectivity index (χ4n) is 14.5. The number of Topliss-reactive ketones (excluding diaryl/α,β-unsaturated/α-hetero) is 2. The third kappa shape index (κ3) is 14.0. The van der Waals surface area contributed by atoms with Crippen LogP contribution in [0.4, 0.5) is 0 Å². The SMILES string of the molecule is O=C(OCC1OC(OC(=O)c2cc(O)c(O)c(O)c2)C(OC(=O)c2cc(O)c(O)c(O)c2C2c3c(O)c(O)c(O)c4c3C(=O)OC2C(C2CC(=O)c3cc(O)c(O)c(O)c3-c3c(cc(O)c(O)c3O)C(=O)OCC2O)CC(=O)c2cc(O)c(O)c(O)c2-4)C(OC(=O)c2cc(O)c(O)c(O)c2)C1OC(=O)c1cc(O)c(O)c(O)c1)c1cc(O)c(O)c(O)c1. The maximum atomic E-state index is 16.4. The Balaban J connectivity index is 1.07. The first-order chi connectivity index (χ1) is 57.3. The van der Waals surface area contributed by atoms with Crippen molar-refractivity contribution in [2.24, 2.45) is 11.8 Å². The lowest BCUT2D eigenvalue weighted by atomic mass is 9.66. The minimum absolute atomic E-state index is 0.0724. The molecule has 4 heterocycles. The second kappa shape index (κ2) is 30.6. The molecule has 45 heteroatoms. The van der Waals surface area contributed by atoms with Gasteiger partial charge in [0.05, 0.1) is 51.0 Å². The van der Waals surface area contributed by atoms with E-state index in [-0.39, 0.29) is 6.07 Å². The average Bonchev–Trinajstić information content (AvgIpc) is 0.730. The first kappa shape index (κ1) is 83.1. The Morgan fingerprint density at radius 1 is 0.328 bits per heavy atom. The summed E-state index contributed by atoms with van der Waals surface area (Å²) in [4.78, 5) is 136. The largest absolute Gasteiger partial charge is 0.504 e. The summed E-state index contributed by atoms with van der Waals surface area (Å²) >= 11 is 0. The molecule has 45 nitrogen and oxygen atoms in total. The molecule has 1 saturated heterocycles. The number of aromatic hydroxyl groups is 27. The van der Waals surface area contributed by atoms with Gasteiger partial charge in [0.15, 0.2) is 150 Å². The molecule has 0 spiro atoms. The smallest absolute Gasteiger partial charge is 0.340 e. The van der Waals surface area contributed by atoms with Gasteiger partial charge in [0, 0.05) is 69.2 Å². The van der Waals surface area contributed by atoms with Crippen molar-refractivity contribution in [2.75, 3.05) is 13.2 Å². The third-order valence-electron chi connectivity index (χ3n) is 20.3. The molecule has 1 fully saturated rings. The number of aliphatic hydroxyl groups is 1. The van der Waals surface area contributed by atoms with Gasteiger partial charge in [0.25, 0.3) is 0 Å². The van der Waals surface area contributed by atoms with E-state index in [4.69, 9.17) is 37.9 Å². The lowest BCUT2D eigenvalue weighted by Crippen LogP contribution is -2.63. The quantitative estimate of drug-likeness (QED) is 0.0443. The normalized spacial score (nSPS) is 19.8. The molecule has 9 aromatic carbocycles. The molecule has 4 aliphatic rings. The molecular formula is C77H58O45. The van der Waals surface area contributed by atoms with Crippen molar-refractivity contribution in [2.45, 2.75) is 61.7 Å². The Labute approximate surface area is 673 Å². The molecule has 0 aliphatic carbocycles. The molecule has 0 radical (unpaired) electrons. The summed E-state index contributed by atoms with van der Waals surface area (Å²) in [5.74, 6) is -65.3. The number of carbonyl (C=O) groups is 9. The second-order valence-corrected chi connectivity index (χ2v) is 27.5. The molecule has 13 rings (SSSR count). The fraction of sp³-hybridized carbons (Fsp3) is 0.182. The topological polar surface area (TPSA) is 794 Å². The van der Waals surface area contributed by atoms with Gasteiger partial charge < -0.3 is 181 Å². The predicted molar refractivity (Wildman–Crippen MR) is 385 cm³/mol. The van der Waals surface area contributed by atoms with Gasteiger partial charge in [0.1, 0.15) is 25.4 Å². The maximum absolute atomic E-state index is 16.4. The number of hydrogen-bond donors (Lipinski definition) is 28. The average molecular weight is 1700 g/mol. The Morgan fingerprint density at radius 3 is 1.14 bits per heavy atom. The van der Waals surface area contributed by atoms with Crippen molar-refractivity contribution in [3.8, 4) is 177 Å². The van der Waals surface area contributed by atoms with Crippen LogP contribution in [0.3, 0.4) is 0 Å². The van der Waals surface area contributed by atoms with Gasteiger partial charge in [-0.05, 0) is 72.8 Å². The van der Waals surface area contributed by atoms with Crippen LogP contribution in [0.15, 0.2) is 72.8 Å². The Bertz CT molecular complexity index is 5990. The van der Waals surface area contributed by atoms with E-state index in [1.807, 2.05) is 0 Å². The summed E-state index contributed by atoms with van der Waals surface area (Å²) in [7, 11) is 0. The van der Waals surface area contributed by atoms with Crippen LogP contribution in [-0.2, 0) is 37.9 Å². The number of aliphatic hydroxyl groups excluding tert-OH is 1. The van der Waals surface area contributed by atoms with E-state index < -0.39 is 379 Å². The highest BCUT2D eigenvalue weighted by molar-refractivity contribution is 6.14. The van der Waals surface area contributed by atoms with Crippen molar-refractivity contribution in [1.82, 2.24) is 0 Å². The number of hydrogen-bond acceptors (Lipinski definition) is 45. The van der Waals surface area contributed by atoms with Crippen LogP contribution < -0.4 is 0 Å². The standard InChI is InChI=1S/C77H58O45/c78-27-9-21(41(92)15-115-74(112)25-13-39(90)57(99)61(103)45(25)43-23(27)11-37(88)55(97)59(43)101)22-10-28(79)24-12-38(89)56(98)60(102)44(24)47-50-48(64(106)65(107)63(47)105)49(66(22)118-76(50)114)46-26(14-40(91)58(100)62(46)104)75(113)121-69-68(120-72(110)19-5-33(84)53(95)34(85)6-19)67(119-71(109)18-3-31(82)52(94)32(83)4-18)42(16-116-70(108)17-1-29(80)51(93)30(81)2-17)117-77(69)122-73(111)20-7-35(86)54(96)36(87)8-20/h1-8,11-14,21-22,41-42,49,66-69,77,80-107H,9-10,15-16H2. The van der Waals surface area contributed by atoms with Crippen LogP contribution in [0.2, 0.25) is 0 Å². The highest BCUT2D eigenvalue weighted by Gasteiger charge is 2.58. The van der Waals surface area contributed by atoms with Gasteiger partial charge in [-0.1, -0.05) is 0 Å². The lowest BCUT2D eigenvalue weighted by molar-refractivity contribution is -0.282. The predicted octanol–water partition coefficient (Wildman–Crippen LogP) is 3.78. The number of esters is 7. The number of ketones is 2. The summed E-state index contributed by atoms with van der Waals surface area (Å²) in [6.07, 6.45) is -23.7. The molecular weight excluding hydrogens is 1640 g/mol. The molecule has 636 valence electrons. The van der Waals surface area contributed by atoms with Crippen LogP contribution >= 0.6 is 0 Å². The molecule has 10 atom stereocenters. The van der Waals surface area contributed by atoms with Crippen molar-refractivity contribution in [1.29, 1.82) is 0 Å². The maximum Gasteiger partial charge on any atom is 0.340 e. The minimum atomic E-state index is -3.22. The first-order valence-electron chi connectivity index (χ1n) is 34.6. The van der Waals surface area contributed by atoms with Gasteiger partial charge in [-0.2, -0.15) is 0 Å². The molecule has 0 aromatic heterocycles. The van der Waals surface area contributed by atoms with Crippen molar-refractivity contribution in [3.63, 3.8) is 0 Å². The molecule has 0 amide bonds. The number of carbonyl (C=O) groups excluding carboxylic acids is 9. The number of cyclic esters (lactones) is 1. The van der Waals surface area contributed by atoms with Crippen molar-refractivity contribution < 1.29 is 224 Å². The van der Waals surface area contributed by atoms with E-state index in [1.54, 1.807) is 0 Å². The van der Waals surface area contributed by atoms with E-state index in [0.717, 1.165) is 0 Å². The number of fused-ring (bicyclic) bond motifs is 7. The van der Waals surface area contributed by atoms with Crippen LogP contribution in [0.25, 0.3) is 22.3 Å². The molecule has 122 heavy (non-hydrogen) atoms. The summed E-state index contributed by atoms with van der Waals surface area (Å²) < 4.78 is 46.2. The van der Waals surface area contributed by atoms with Crippen molar-refractivity contribution >= 4 is 53.4 Å². The van der Waals surface area contributed by atoms with E-state index in [9.17, 15) is 167 Å². The second-order valence-electron chi connectivity index (χ2n) is 27.5. The minimum Gasteiger partial charge on any atom is -0.504 e. The van der Waals surface area contributed by atoms with Crippen LogP contribution in [-0.4, -0.2) is 252 Å². The number of phenolic OH excluding ortho intramolecular Hbond substituents is 27. The summed E-state index contributed by atoms with van der Waals surface area (Å²) in [6, 6.07) is 4.32. The Kier molecular flexibility index (Phi) is 20.9. The molecule has 28 N–H and O–H groups in total. The molecule has 0 saturated carbocycles. The molecule has 4 aliphatic heterocycles. The van der Waals surface area contributed by atoms with E-state index in [1.165, 1.54) is 0 Å². The number of benzene rings is 9. The summed E-state index contributed by atoms with van der Waals surface area (Å²) in [5, 5.41) is 312. The van der Waals surface area contributed by atoms with Gasteiger partial charge in [-0.15, -0.1) is 0 Å². The highest BCUT2D eigenvalue weighted by Crippen LogP contribution is 2.63. The summed E-state index contributed by atoms with van der Waals surface area (Å²) in [6.45, 7) is -3.14. The first-order valence-corrected chi connectivity index (χ1v) is 34.6. The Hall–Kier alpha value is -16.9. The van der Waals surface area contributed by atoms with Crippen LogP contribution in [0, 0.1) is 11.8 Å². The van der Waals surface area contributed by atoms with Gasteiger partial charge in [-0.3, -0.25) is 9.59 Å². The molecule has 9 aromatic rings. The van der Waals surface area contributed by atoms with E-state index in [0.29, 0.717) is 66.7 Å². The van der Waals surface area contributed by atoms with Gasteiger partial charge >= 0.3 is 41.8 Å². The summed E-state index contributed by atoms with van der Waals surface area (Å²) in [5.41, 5.74) is -18.9. The van der Waals surface area contributed by atoms with E-state index in [2.05, 4.69) is 0 Å². The van der Waals surface area contributed by atoms with Crippen LogP contribution in [0.5, 0.6) is 155 Å². The Morgan fingerprint density at radius 2 is 0.680 bits per heavy atom. The zero-order valence-corrected chi connectivity index (χ0v) is 60.5. The number of rotatable bonds is 13.